The van der Waals surface area contributed by atoms with Gasteiger partial charge >= 0.3 is 5.97 Å². The van der Waals surface area contributed by atoms with Crippen molar-refractivity contribution in [2.75, 3.05) is 48.5 Å². The smallest absolute Gasteiger partial charge is 0.326 e. The summed E-state index contributed by atoms with van der Waals surface area (Å²) in [4.78, 5) is 93.4. The number of carboxylic acids is 1. The molecule has 1 aliphatic rings. The van der Waals surface area contributed by atoms with Gasteiger partial charge in [0.1, 0.15) is 12.1 Å². The molecular weight excluding hydrogens is 897 g/mol. The molecule has 400 valence electrons. The second-order valence-corrected chi connectivity index (χ2v) is 19.7. The molecule has 0 radical (unpaired) electrons. The Morgan fingerprint density at radius 3 is 1.99 bits per heavy atom. The largest absolute Gasteiger partial charge is 0.480 e. The van der Waals surface area contributed by atoms with E-state index in [1.807, 2.05) is 83.8 Å². The first-order chi connectivity index (χ1) is 33.1. The number of hydrogen-bond acceptors (Lipinski definition) is 10. The number of amides is 6. The lowest BCUT2D eigenvalue weighted by molar-refractivity contribution is -0.148. The van der Waals surface area contributed by atoms with Crippen LogP contribution in [0.3, 0.4) is 0 Å². The van der Waals surface area contributed by atoms with E-state index in [-0.39, 0.29) is 66.4 Å². The molecule has 0 aromatic heterocycles. The van der Waals surface area contributed by atoms with Crippen LogP contribution in [-0.4, -0.2) is 159 Å². The molecule has 70 heavy (non-hydrogen) atoms. The van der Waals surface area contributed by atoms with E-state index < -0.39 is 54.2 Å². The van der Waals surface area contributed by atoms with Gasteiger partial charge in [-0.15, -0.1) is 0 Å². The molecule has 6 amide bonds. The zero-order chi connectivity index (χ0) is 53.2. The van der Waals surface area contributed by atoms with E-state index in [1.54, 1.807) is 30.9 Å². The van der Waals surface area contributed by atoms with Crippen molar-refractivity contribution in [1.82, 2.24) is 30.7 Å². The van der Waals surface area contributed by atoms with Crippen molar-refractivity contribution in [3.05, 3.63) is 35.9 Å². The van der Waals surface area contributed by atoms with Crippen LogP contribution in [-0.2, 0) is 54.2 Å². The van der Waals surface area contributed by atoms with Crippen LogP contribution in [0.15, 0.2) is 30.3 Å². The third-order valence-corrected chi connectivity index (χ3v) is 14.4. The standard InChI is InChI=1S/C34H54N4O8.C19H38N2O3/c1-9-22(4)30(37(6)33(42)29(21(2)3)35-20-39)27(45-7)19-28(40)38-17-13-16-26(38)31(46-8)23(5)32(41)36-25(34(43)44)18-24-14-11-10-12-15-24;1-8-17(16(5)24-7)19(23)20-13-11-9-10-12-18(22)21(6)15(4)14(2)3/h10-12,14-15,20-23,25-27,29-31H,9,13,16-19H2,1-8H3,(H,35,39)(H,36,41)(H,43,44);14-17H,8-13H2,1-7H3,(H,20,23). The zero-order valence-electron chi connectivity index (χ0n) is 45.3. The van der Waals surface area contributed by atoms with Gasteiger partial charge in [-0.3, -0.25) is 28.8 Å². The molecule has 11 atom stereocenters. The van der Waals surface area contributed by atoms with Crippen LogP contribution in [0.2, 0.25) is 0 Å². The third-order valence-electron chi connectivity index (χ3n) is 14.4. The van der Waals surface area contributed by atoms with Crippen LogP contribution in [0, 0.1) is 29.6 Å². The highest BCUT2D eigenvalue weighted by Crippen LogP contribution is 2.30. The van der Waals surface area contributed by atoms with Gasteiger partial charge in [-0.25, -0.2) is 4.79 Å². The number of carbonyl (C=O) groups is 7. The highest BCUT2D eigenvalue weighted by molar-refractivity contribution is 5.86. The predicted molar refractivity (Wildman–Crippen MR) is 272 cm³/mol. The van der Waals surface area contributed by atoms with Gasteiger partial charge in [-0.1, -0.05) is 98.6 Å². The van der Waals surface area contributed by atoms with E-state index in [2.05, 4.69) is 36.7 Å². The molecule has 11 unspecified atom stereocenters. The van der Waals surface area contributed by atoms with Gasteiger partial charge in [0.25, 0.3) is 0 Å². The molecule has 2 rings (SSSR count). The van der Waals surface area contributed by atoms with Crippen molar-refractivity contribution >= 4 is 41.9 Å². The highest BCUT2D eigenvalue weighted by atomic mass is 16.5. The number of methoxy groups -OCH3 is 3. The normalized spacial score (nSPS) is 17.8. The Kier molecular flexibility index (Phi) is 30.0. The molecule has 17 nitrogen and oxygen atoms in total. The molecule has 17 heteroatoms. The minimum Gasteiger partial charge on any atom is -0.480 e. The van der Waals surface area contributed by atoms with Gasteiger partial charge in [0.05, 0.1) is 48.7 Å². The molecule has 0 saturated carbocycles. The quantitative estimate of drug-likeness (QED) is 0.0522. The number of ether oxygens (including phenoxy) is 3. The van der Waals surface area contributed by atoms with E-state index >= 15 is 0 Å². The summed E-state index contributed by atoms with van der Waals surface area (Å²) in [5, 5.41) is 18.1. The zero-order valence-corrected chi connectivity index (χ0v) is 45.3. The molecule has 0 spiro atoms. The summed E-state index contributed by atoms with van der Waals surface area (Å²) >= 11 is 0. The molecule has 4 N–H and O–H groups in total. The number of likely N-dealkylation sites (N-methyl/N-ethyl adjacent to an activating group) is 1. The fraction of sp³-hybridized carbons (Fsp3) is 0.755. The second-order valence-electron chi connectivity index (χ2n) is 19.7. The number of likely N-dealkylation sites (tertiary alicyclic amines) is 1. The maximum absolute atomic E-state index is 13.9. The Morgan fingerprint density at radius 1 is 0.829 bits per heavy atom. The van der Waals surface area contributed by atoms with Gasteiger partial charge in [0, 0.05) is 67.4 Å². The van der Waals surface area contributed by atoms with Gasteiger partial charge in [-0.2, -0.15) is 0 Å². The topological polar surface area (TPSA) is 213 Å². The molecule has 0 bridgehead atoms. The SMILES string of the molecule is CCC(C(=O)NCCCCCC(=O)N(C)C(C)C(C)C)C(C)OC.CCC(C)C(C(CC(=O)N1CCCC1C(OC)C(C)C(=O)NC(Cc1ccccc1)C(=O)O)OC)N(C)C(=O)C(NC=O)C(C)C. The number of nitrogens with one attached hydrogen (secondary N) is 3. The first-order valence-corrected chi connectivity index (χ1v) is 25.5. The fourth-order valence-electron chi connectivity index (χ4n) is 9.17. The summed E-state index contributed by atoms with van der Waals surface area (Å²) in [5.41, 5.74) is 0.786. The number of nitrogens with zero attached hydrogens (tertiary/aromatic N) is 3. The molecule has 1 aromatic carbocycles. The van der Waals surface area contributed by atoms with Crippen molar-refractivity contribution in [2.45, 2.75) is 182 Å². The minimum atomic E-state index is -1.14. The van der Waals surface area contributed by atoms with Crippen molar-refractivity contribution in [3.63, 3.8) is 0 Å². The van der Waals surface area contributed by atoms with E-state index in [9.17, 15) is 38.7 Å². The minimum absolute atomic E-state index is 0.00224. The van der Waals surface area contributed by atoms with Gasteiger partial charge < -0.3 is 50.0 Å². The van der Waals surface area contributed by atoms with Crippen LogP contribution in [0.4, 0.5) is 0 Å². The number of unbranched alkanes of at least 4 members (excludes halogenated alkanes) is 2. The summed E-state index contributed by atoms with van der Waals surface area (Å²) in [6.45, 7) is 20.8. The van der Waals surface area contributed by atoms with E-state index in [4.69, 9.17) is 14.2 Å². The van der Waals surface area contributed by atoms with Crippen molar-refractivity contribution in [1.29, 1.82) is 0 Å². The summed E-state index contributed by atoms with van der Waals surface area (Å²) in [6.07, 6.45) is 5.45. The Hall–Kier alpha value is -4.61. The number of carbonyl (C=O) groups excluding carboxylic acids is 6. The van der Waals surface area contributed by atoms with Crippen molar-refractivity contribution in [2.24, 2.45) is 29.6 Å². The summed E-state index contributed by atoms with van der Waals surface area (Å²) in [7, 11) is 8.21. The van der Waals surface area contributed by atoms with E-state index in [0.717, 1.165) is 37.7 Å². The number of hydrogen-bond donors (Lipinski definition) is 4. The summed E-state index contributed by atoms with van der Waals surface area (Å²) in [6, 6.07) is 6.67. The molecule has 1 saturated heterocycles. The lowest BCUT2D eigenvalue weighted by Crippen LogP contribution is -2.57. The maximum atomic E-state index is 13.9. The van der Waals surface area contributed by atoms with Crippen LogP contribution in [0.5, 0.6) is 0 Å². The van der Waals surface area contributed by atoms with Crippen LogP contribution in [0.25, 0.3) is 0 Å². The Bertz CT molecular complexity index is 1730. The average molecular weight is 989 g/mol. The summed E-state index contributed by atoms with van der Waals surface area (Å²) in [5.74, 6) is -2.30. The van der Waals surface area contributed by atoms with Crippen LogP contribution < -0.4 is 16.0 Å². The Labute approximate surface area is 420 Å². The fourth-order valence-corrected chi connectivity index (χ4v) is 9.17. The van der Waals surface area contributed by atoms with E-state index in [1.165, 1.54) is 14.2 Å². The molecular formula is C53H92N6O11. The number of carboxylic acid groups (broad SMARTS) is 1. The van der Waals surface area contributed by atoms with Gasteiger partial charge in [0.2, 0.25) is 35.9 Å². The molecule has 1 heterocycles. The number of benzene rings is 1. The lowest BCUT2D eigenvalue weighted by atomic mass is 9.89. The second kappa shape index (κ2) is 33.1. The third kappa shape index (κ3) is 19.9. The van der Waals surface area contributed by atoms with Gasteiger partial charge in [0.15, 0.2) is 0 Å². The average Bonchev–Trinajstić information content (AvgIpc) is 3.83. The number of rotatable bonds is 31. The highest BCUT2D eigenvalue weighted by Gasteiger charge is 2.43. The maximum Gasteiger partial charge on any atom is 0.326 e. The molecule has 0 aliphatic carbocycles. The van der Waals surface area contributed by atoms with Crippen LogP contribution in [0.1, 0.15) is 133 Å². The van der Waals surface area contributed by atoms with Crippen LogP contribution >= 0.6 is 0 Å². The van der Waals surface area contributed by atoms with Gasteiger partial charge in [-0.05, 0) is 69.3 Å². The molecule has 1 aromatic rings. The molecule has 1 fully saturated rings. The molecule has 1 aliphatic heterocycles. The Morgan fingerprint density at radius 2 is 1.47 bits per heavy atom. The summed E-state index contributed by atoms with van der Waals surface area (Å²) < 4.78 is 16.9. The number of aliphatic carboxylic acids is 1. The van der Waals surface area contributed by atoms with Crippen molar-refractivity contribution in [3.8, 4) is 0 Å². The lowest BCUT2D eigenvalue weighted by Gasteiger charge is -2.40. The van der Waals surface area contributed by atoms with Crippen molar-refractivity contribution < 1.29 is 52.9 Å². The first-order valence-electron chi connectivity index (χ1n) is 25.5. The van der Waals surface area contributed by atoms with E-state index in [0.29, 0.717) is 44.7 Å². The Balaban J connectivity index is 0.000000860. The monoisotopic (exact) mass is 989 g/mol. The predicted octanol–water partition coefficient (Wildman–Crippen LogP) is 5.72. The first kappa shape index (κ1) is 63.4.